The van der Waals surface area contributed by atoms with E-state index in [0.717, 1.165) is 0 Å². The minimum atomic E-state index is -2.34. The van der Waals surface area contributed by atoms with Gasteiger partial charge in [-0.3, -0.25) is 14.4 Å². The van der Waals surface area contributed by atoms with Gasteiger partial charge in [0.15, 0.2) is 28.4 Å². The van der Waals surface area contributed by atoms with Gasteiger partial charge in [0.25, 0.3) is 0 Å². The minimum absolute atomic E-state index is 0.00259. The highest BCUT2D eigenvalue weighted by Gasteiger charge is 2.93. The summed E-state index contributed by atoms with van der Waals surface area (Å²) >= 11 is 0. The average Bonchev–Trinajstić information content (AvgIpc) is 3.17. The molecule has 13 atom stereocenters. The molecule has 2 saturated carbocycles. The normalized spacial score (nSPS) is 62.0. The van der Waals surface area contributed by atoms with Gasteiger partial charge < -0.3 is 34.3 Å². The first-order valence-corrected chi connectivity index (χ1v) is 13.8. The Kier molecular flexibility index (Phi) is 4.09. The van der Waals surface area contributed by atoms with E-state index in [9.17, 15) is 34.5 Å². The van der Waals surface area contributed by atoms with Gasteiger partial charge in [-0.25, -0.2) is 4.79 Å². The molecule has 0 aromatic carbocycles. The molecule has 11 nitrogen and oxygen atoms in total. The summed E-state index contributed by atoms with van der Waals surface area (Å²) in [6, 6.07) is 0. The second-order valence-electron chi connectivity index (χ2n) is 13.8. The summed E-state index contributed by atoms with van der Waals surface area (Å²) in [5.41, 5.74) is -10.2. The smallest absolute Gasteiger partial charge is 0.342 e. The van der Waals surface area contributed by atoms with E-state index in [1.807, 2.05) is 0 Å². The molecule has 8 aliphatic rings. The lowest BCUT2D eigenvalue weighted by molar-refractivity contribution is -0.385. The Morgan fingerprint density at radius 2 is 1.79 bits per heavy atom. The largest absolute Gasteiger partial charge is 0.458 e. The fourth-order valence-corrected chi connectivity index (χ4v) is 10.6. The van der Waals surface area contributed by atoms with E-state index >= 15 is 0 Å². The van der Waals surface area contributed by atoms with Crippen LogP contribution in [0.2, 0.25) is 0 Å². The summed E-state index contributed by atoms with van der Waals surface area (Å²) in [4.78, 5) is 55.5. The molecule has 7 fully saturated rings. The van der Waals surface area contributed by atoms with Crippen LogP contribution in [0.4, 0.5) is 0 Å². The number of esters is 2. The number of carbonyl (C=O) groups excluding carboxylic acids is 4. The highest BCUT2D eigenvalue weighted by molar-refractivity contribution is 6.00. The lowest BCUT2D eigenvalue weighted by Crippen LogP contribution is -2.79. The zero-order valence-corrected chi connectivity index (χ0v) is 22.0. The van der Waals surface area contributed by atoms with E-state index < -0.39 is 92.6 Å². The topological polar surface area (TPSA) is 166 Å². The summed E-state index contributed by atoms with van der Waals surface area (Å²) in [6.07, 6.45) is 0.531. The van der Waals surface area contributed by atoms with Crippen molar-refractivity contribution in [2.75, 3.05) is 6.61 Å². The molecule has 3 aliphatic carbocycles. The molecule has 0 amide bonds. The Morgan fingerprint density at radius 1 is 1.05 bits per heavy atom. The highest BCUT2D eigenvalue weighted by atomic mass is 16.8. The molecule has 5 saturated heterocycles. The van der Waals surface area contributed by atoms with Gasteiger partial charge in [-0.05, 0) is 56.9 Å². The Labute approximate surface area is 223 Å². The Bertz CT molecular complexity index is 1330. The lowest BCUT2D eigenvalue weighted by Gasteiger charge is -2.64. The molecule has 39 heavy (non-hydrogen) atoms. The van der Waals surface area contributed by atoms with E-state index in [-0.39, 0.29) is 44.5 Å². The van der Waals surface area contributed by atoms with Gasteiger partial charge in [-0.15, -0.1) is 0 Å². The van der Waals surface area contributed by atoms with E-state index in [2.05, 4.69) is 0 Å². The quantitative estimate of drug-likeness (QED) is 0.344. The molecule has 5 bridgehead atoms. The Balaban J connectivity index is 1.44. The molecule has 0 aromatic rings. The number of hydrogen-bond acceptors (Lipinski definition) is 11. The standard InChI is InChI=1S/C28H32O11/c1-22-10-16-24(3)28-18(22)19(31)27(39-28,36-11-13(22)20(32)37-16)17-12(6-8-26(28,35)21(33)38-24)23(2)15(30)5-4-7-25(23,34)9-14(17)29/h4-5,12-14,16-18,29,34-35H,6-11H2,1-3H3. The summed E-state index contributed by atoms with van der Waals surface area (Å²) in [7, 11) is 0. The summed E-state index contributed by atoms with van der Waals surface area (Å²) < 4.78 is 24.8. The van der Waals surface area contributed by atoms with Gasteiger partial charge in [-0.2, -0.15) is 0 Å². The van der Waals surface area contributed by atoms with Crippen LogP contribution in [-0.4, -0.2) is 85.8 Å². The van der Waals surface area contributed by atoms with Crippen molar-refractivity contribution in [3.63, 3.8) is 0 Å². The Morgan fingerprint density at radius 3 is 2.54 bits per heavy atom. The first kappa shape index (κ1) is 24.6. The van der Waals surface area contributed by atoms with Crippen molar-refractivity contribution >= 4 is 23.5 Å². The van der Waals surface area contributed by atoms with Crippen LogP contribution in [0, 0.1) is 34.5 Å². The predicted molar refractivity (Wildman–Crippen MR) is 125 cm³/mol. The molecule has 2 spiro atoms. The van der Waals surface area contributed by atoms with Crippen LogP contribution in [0.1, 0.15) is 52.9 Å². The number of allylic oxidation sites excluding steroid dienone is 1. The number of aliphatic hydroxyl groups is 3. The molecule has 5 heterocycles. The van der Waals surface area contributed by atoms with Crippen LogP contribution in [-0.2, 0) is 38.1 Å². The highest BCUT2D eigenvalue weighted by Crippen LogP contribution is 2.75. The third-order valence-corrected chi connectivity index (χ3v) is 12.6. The van der Waals surface area contributed by atoms with Crippen molar-refractivity contribution in [1.82, 2.24) is 0 Å². The van der Waals surface area contributed by atoms with Crippen LogP contribution in [0.25, 0.3) is 0 Å². The van der Waals surface area contributed by atoms with Gasteiger partial charge in [0.2, 0.25) is 5.79 Å². The van der Waals surface area contributed by atoms with Gasteiger partial charge in [-0.1, -0.05) is 13.0 Å². The summed E-state index contributed by atoms with van der Waals surface area (Å²) in [5, 5.41) is 35.9. The van der Waals surface area contributed by atoms with Gasteiger partial charge in [0.05, 0.1) is 41.5 Å². The van der Waals surface area contributed by atoms with Crippen LogP contribution >= 0.6 is 0 Å². The van der Waals surface area contributed by atoms with E-state index in [1.54, 1.807) is 19.9 Å². The predicted octanol–water partition coefficient (Wildman–Crippen LogP) is -0.277. The van der Waals surface area contributed by atoms with Crippen molar-refractivity contribution in [1.29, 1.82) is 0 Å². The van der Waals surface area contributed by atoms with Crippen molar-refractivity contribution in [3.8, 4) is 0 Å². The van der Waals surface area contributed by atoms with E-state index in [4.69, 9.17) is 18.9 Å². The molecule has 0 radical (unpaired) electrons. The van der Waals surface area contributed by atoms with Gasteiger partial charge in [0.1, 0.15) is 6.10 Å². The average molecular weight is 545 g/mol. The van der Waals surface area contributed by atoms with Crippen LogP contribution in [0.15, 0.2) is 12.2 Å². The summed E-state index contributed by atoms with van der Waals surface area (Å²) in [6.45, 7) is 4.68. The molecule has 13 unspecified atom stereocenters. The number of carbonyl (C=O) groups is 4. The van der Waals surface area contributed by atoms with Gasteiger partial charge in [0, 0.05) is 6.42 Å². The number of ether oxygens (including phenoxy) is 4. The first-order valence-electron chi connectivity index (χ1n) is 13.8. The number of rotatable bonds is 0. The fourth-order valence-electron chi connectivity index (χ4n) is 10.6. The van der Waals surface area contributed by atoms with Crippen LogP contribution in [0.5, 0.6) is 0 Å². The number of hydrogen-bond donors (Lipinski definition) is 3. The molecule has 210 valence electrons. The second-order valence-corrected chi connectivity index (χ2v) is 13.8. The van der Waals surface area contributed by atoms with E-state index in [0.29, 0.717) is 0 Å². The fraction of sp³-hybridized carbons (Fsp3) is 0.786. The second kappa shape index (κ2) is 6.49. The first-order chi connectivity index (χ1) is 18.2. The maximum atomic E-state index is 14.9. The van der Waals surface area contributed by atoms with E-state index in [1.165, 1.54) is 13.0 Å². The zero-order chi connectivity index (χ0) is 27.8. The number of fused-ring (bicyclic) bond motifs is 5. The molecule has 11 heteroatoms. The van der Waals surface area contributed by atoms with Crippen molar-refractivity contribution in [2.24, 2.45) is 34.5 Å². The molecule has 3 N–H and O–H groups in total. The maximum Gasteiger partial charge on any atom is 0.342 e. The number of Topliss-reactive ketones (excluding diaryl/α,β-unsaturated/α-hetero) is 1. The number of ketones is 2. The third-order valence-electron chi connectivity index (χ3n) is 12.6. The number of aliphatic hydroxyl groups excluding tert-OH is 1. The summed E-state index contributed by atoms with van der Waals surface area (Å²) in [5.74, 6) is -8.83. The molecule has 8 rings (SSSR count). The van der Waals surface area contributed by atoms with Crippen molar-refractivity contribution in [2.45, 2.75) is 93.3 Å². The third kappa shape index (κ3) is 2.13. The van der Waals surface area contributed by atoms with Gasteiger partial charge >= 0.3 is 11.9 Å². The molecular weight excluding hydrogens is 512 g/mol. The lowest BCUT2D eigenvalue weighted by atomic mass is 9.46. The molecular formula is C28H32O11. The minimum Gasteiger partial charge on any atom is -0.458 e. The Hall–Kier alpha value is -2.18. The van der Waals surface area contributed by atoms with Crippen molar-refractivity contribution < 1.29 is 53.4 Å². The SMILES string of the molecule is CC12CC3OC(=O)C1COC14OC5(C2C1=O)C(O)(CCC1C4C(O)CC2(O)CC=CC(=O)C12C)C(=O)OC35C. The molecule has 5 aliphatic heterocycles. The van der Waals surface area contributed by atoms with Crippen LogP contribution < -0.4 is 0 Å². The van der Waals surface area contributed by atoms with Crippen LogP contribution in [0.3, 0.4) is 0 Å². The van der Waals surface area contributed by atoms with Crippen molar-refractivity contribution in [3.05, 3.63) is 12.2 Å². The zero-order valence-electron chi connectivity index (χ0n) is 22.0. The molecule has 0 aromatic heterocycles. The maximum absolute atomic E-state index is 14.9. The monoisotopic (exact) mass is 544 g/mol.